The molecule has 0 fully saturated rings. The summed E-state index contributed by atoms with van der Waals surface area (Å²) in [6.07, 6.45) is 4.67. The molecule has 0 N–H and O–H groups in total. The van der Waals surface area contributed by atoms with Gasteiger partial charge in [0.15, 0.2) is 0 Å². The number of hydrogen-bond donors (Lipinski definition) is 0. The number of nitrogens with zero attached hydrogens (tertiary/aromatic N) is 3. The van der Waals surface area contributed by atoms with Gasteiger partial charge in [0.25, 0.3) is 0 Å². The van der Waals surface area contributed by atoms with Crippen molar-refractivity contribution in [3.05, 3.63) is 233 Å². The van der Waals surface area contributed by atoms with Crippen molar-refractivity contribution in [2.75, 3.05) is 0 Å². The minimum absolute atomic E-state index is 0. The third-order valence-electron chi connectivity index (χ3n) is 10.0. The number of hydrogen-bond acceptors (Lipinski definition) is 3. The van der Waals surface area contributed by atoms with Crippen LogP contribution < -0.4 is 0 Å². The van der Waals surface area contributed by atoms with Crippen LogP contribution in [0.15, 0.2) is 176 Å². The fourth-order valence-electron chi connectivity index (χ4n) is 6.69. The Kier molecular flexibility index (Phi) is 11.7. The van der Waals surface area contributed by atoms with Crippen molar-refractivity contribution in [1.82, 2.24) is 15.0 Å². The number of benzene rings is 6. The van der Waals surface area contributed by atoms with Gasteiger partial charge in [0, 0.05) is 30.9 Å². The molecule has 0 saturated carbocycles. The molecule has 9 aromatic rings. The summed E-state index contributed by atoms with van der Waals surface area (Å²) >= 11 is 0. The third-order valence-corrected chi connectivity index (χ3v) is 10.0. The van der Waals surface area contributed by atoms with Crippen LogP contribution in [0.4, 0.5) is 0 Å². The van der Waals surface area contributed by atoms with Crippen molar-refractivity contribution in [3.8, 4) is 67.2 Å². The van der Waals surface area contributed by atoms with Crippen LogP contribution in [0.3, 0.4) is 0 Å². The average molecular weight is 990 g/mol. The Morgan fingerprint density at radius 3 is 1.66 bits per heavy atom. The van der Waals surface area contributed by atoms with Crippen molar-refractivity contribution in [1.29, 1.82) is 0 Å². The summed E-state index contributed by atoms with van der Waals surface area (Å²) in [6.45, 7) is 1.48. The fourth-order valence-corrected chi connectivity index (χ4v) is 6.69. The first-order valence-electron chi connectivity index (χ1n) is 24.4. The van der Waals surface area contributed by atoms with Crippen LogP contribution in [-0.2, 0) is 20.1 Å². The molecule has 62 heavy (non-hydrogen) atoms. The van der Waals surface area contributed by atoms with E-state index < -0.39 is 20.6 Å². The zero-order valence-electron chi connectivity index (χ0n) is 43.9. The van der Waals surface area contributed by atoms with Gasteiger partial charge in [-0.1, -0.05) is 128 Å². The summed E-state index contributed by atoms with van der Waals surface area (Å²) in [7, 11) is 0. The molecule has 0 aliphatic rings. The van der Waals surface area contributed by atoms with Crippen molar-refractivity contribution >= 4 is 0 Å². The van der Waals surface area contributed by atoms with Crippen LogP contribution in [0.5, 0.6) is 0 Å². The second kappa shape index (κ2) is 21.3. The van der Waals surface area contributed by atoms with Gasteiger partial charge in [-0.25, -0.2) is 0 Å². The Balaban J connectivity index is 0.000000179. The molecule has 0 unspecified atom stereocenters. The van der Waals surface area contributed by atoms with E-state index in [4.69, 9.17) is 12.3 Å². The van der Waals surface area contributed by atoms with Gasteiger partial charge in [0.1, 0.15) is 0 Å². The second-order valence-electron chi connectivity index (χ2n) is 14.8. The molecule has 3 nitrogen and oxygen atoms in total. The second-order valence-corrected chi connectivity index (χ2v) is 14.8. The molecule has 3 heterocycles. The molecule has 0 spiro atoms. The van der Waals surface area contributed by atoms with Crippen LogP contribution in [0.25, 0.3) is 67.2 Å². The first-order valence-corrected chi connectivity index (χ1v) is 19.9. The molecule has 0 bridgehead atoms. The normalized spacial score (nSPS) is 13.1. The molecule has 9 rings (SSSR count). The van der Waals surface area contributed by atoms with E-state index in [0.29, 0.717) is 16.7 Å². The first kappa shape index (κ1) is 34.1. The fraction of sp³-hybridized carbons (Fsp3) is 0.121. The SMILES string of the molecule is [2H]C([2H])([2H])c1c[c-]c(-c2ccc(C)cn2)cc1-c1ccc(-c2ccccc2)cc1.[2H]C([2H])([2H])c1ccc(-c2[c-]cc(C)cc2)nc1.[2H]C([2H])([2H])c1cnc(-c2[c-]cccc2)cc1-c1ccc(C)cc1C.[Ir+3]. The minimum Gasteiger partial charge on any atom is -0.304 e. The Labute approximate surface area is 394 Å². The molecule has 0 aliphatic heterocycles. The largest absolute Gasteiger partial charge is 3.00 e. The van der Waals surface area contributed by atoms with Gasteiger partial charge >= 0.3 is 20.1 Å². The van der Waals surface area contributed by atoms with E-state index in [-0.39, 0.29) is 31.2 Å². The molecular formula is C58H50IrN3. The zero-order chi connectivity index (χ0) is 50.2. The quantitative estimate of drug-likeness (QED) is 0.156. The molecule has 0 atom stereocenters. The van der Waals surface area contributed by atoms with Gasteiger partial charge in [-0.15, -0.1) is 101 Å². The summed E-state index contributed by atoms with van der Waals surface area (Å²) in [6, 6.07) is 59.3. The molecule has 0 aliphatic carbocycles. The predicted octanol–water partition coefficient (Wildman–Crippen LogP) is 14.8. The van der Waals surface area contributed by atoms with E-state index in [2.05, 4.69) is 51.4 Å². The van der Waals surface area contributed by atoms with Gasteiger partial charge in [0.2, 0.25) is 0 Å². The topological polar surface area (TPSA) is 38.7 Å². The molecule has 4 heteroatoms. The Hall–Kier alpha value is -6.58. The predicted molar refractivity (Wildman–Crippen MR) is 255 cm³/mol. The number of aromatic nitrogens is 3. The van der Waals surface area contributed by atoms with Crippen molar-refractivity contribution in [2.45, 2.75) is 48.3 Å². The average Bonchev–Trinajstić information content (AvgIpc) is 3.34. The maximum absolute atomic E-state index is 7.94. The van der Waals surface area contributed by atoms with Crippen LogP contribution >= 0.6 is 0 Å². The van der Waals surface area contributed by atoms with Crippen LogP contribution in [-0.4, -0.2) is 15.0 Å². The molecular weight excluding hydrogens is 931 g/mol. The van der Waals surface area contributed by atoms with Crippen LogP contribution in [0, 0.1) is 66.4 Å². The van der Waals surface area contributed by atoms with Gasteiger partial charge in [-0.05, 0) is 102 Å². The maximum Gasteiger partial charge on any atom is 3.00 e. The standard InChI is InChI=1S/C25H20N.C20H18N.C13H12N.Ir/c1-18-8-15-25(26-17-18)23-10-9-19(2)24(16-23)22-13-11-21(12-14-22)20-6-4-3-5-7-20;1-14-9-10-18(15(2)11-14)19-12-20(21-13-16(19)3)17-7-5-4-6-8-17;1-10-3-6-12(7-4-10)13-8-5-11(2)9-14-13;/h3-9,11-17H,1-2H3;4-7,9-13H,1-3H3;3-6,8-9H,1-2H3;/q3*-1;+3/i2D3;3D3;2D3;. The Morgan fingerprint density at radius 1 is 0.387 bits per heavy atom. The maximum atomic E-state index is 7.94. The molecule has 6 aromatic carbocycles. The van der Waals surface area contributed by atoms with Gasteiger partial charge in [-0.3, -0.25) is 0 Å². The van der Waals surface area contributed by atoms with E-state index in [0.717, 1.165) is 78.3 Å². The molecule has 0 saturated heterocycles. The third kappa shape index (κ3) is 11.6. The number of pyridine rings is 3. The van der Waals surface area contributed by atoms with Crippen LogP contribution in [0.2, 0.25) is 0 Å². The van der Waals surface area contributed by atoms with Gasteiger partial charge in [-0.2, -0.15) is 0 Å². The number of rotatable bonds is 6. The summed E-state index contributed by atoms with van der Waals surface area (Å²) in [4.78, 5) is 13.0. The summed E-state index contributed by atoms with van der Waals surface area (Å²) in [5.41, 5.74) is 15.3. The number of aryl methyl sites for hydroxylation is 7. The Bertz CT molecular complexity index is 3150. The molecule has 3 aromatic heterocycles. The van der Waals surface area contributed by atoms with E-state index >= 15 is 0 Å². The molecule has 306 valence electrons. The van der Waals surface area contributed by atoms with Crippen LogP contribution in [0.1, 0.15) is 51.3 Å². The smallest absolute Gasteiger partial charge is 0.304 e. The van der Waals surface area contributed by atoms with E-state index in [9.17, 15) is 0 Å². The van der Waals surface area contributed by atoms with E-state index in [1.54, 1.807) is 24.4 Å². The summed E-state index contributed by atoms with van der Waals surface area (Å²) in [5.74, 6) is 0. The monoisotopic (exact) mass is 990 g/mol. The summed E-state index contributed by atoms with van der Waals surface area (Å²) in [5, 5.41) is 0. The van der Waals surface area contributed by atoms with E-state index in [1.807, 2.05) is 149 Å². The van der Waals surface area contributed by atoms with Crippen molar-refractivity contribution < 1.29 is 32.4 Å². The van der Waals surface area contributed by atoms with Gasteiger partial charge in [0.05, 0.1) is 0 Å². The minimum atomic E-state index is -2.22. The Morgan fingerprint density at radius 2 is 1.02 bits per heavy atom. The van der Waals surface area contributed by atoms with E-state index in [1.165, 1.54) is 12.4 Å². The summed E-state index contributed by atoms with van der Waals surface area (Å²) < 4.78 is 69.1. The molecule has 0 amide bonds. The van der Waals surface area contributed by atoms with Gasteiger partial charge < -0.3 is 15.0 Å². The molecule has 0 radical (unpaired) electrons. The zero-order valence-corrected chi connectivity index (χ0v) is 37.3. The van der Waals surface area contributed by atoms with Crippen molar-refractivity contribution in [3.63, 3.8) is 0 Å². The van der Waals surface area contributed by atoms with Crippen molar-refractivity contribution in [2.24, 2.45) is 0 Å². The first-order chi connectivity index (χ1) is 33.2.